The number of carbonyl (C=O) groups excluding carboxylic acids is 3. The summed E-state index contributed by atoms with van der Waals surface area (Å²) in [5.41, 5.74) is 6.85. The predicted molar refractivity (Wildman–Crippen MR) is 153 cm³/mol. The monoisotopic (exact) mass is 574 g/mol. The van der Waals surface area contributed by atoms with Crippen molar-refractivity contribution in [1.82, 2.24) is 15.1 Å². The van der Waals surface area contributed by atoms with Crippen LogP contribution in [0.25, 0.3) is 0 Å². The van der Waals surface area contributed by atoms with Gasteiger partial charge in [0.15, 0.2) is 0 Å². The van der Waals surface area contributed by atoms with Crippen LogP contribution in [0.3, 0.4) is 0 Å². The van der Waals surface area contributed by atoms with Gasteiger partial charge in [-0.1, -0.05) is 12.1 Å². The van der Waals surface area contributed by atoms with Gasteiger partial charge in [-0.15, -0.1) is 12.4 Å². The standard InChI is InChI=1S/C29H38N4O6.ClH/c1-4-32-17-27(34)31-25-16-33(28(35)8-10-30)11-9-26(25)37-18-20-6-5-7-22(12-20)39-24-14-21(29(32)36)13-23(15-24)38-19(2)3;/h5-7,12-15,19,25-26H,4,8-11,16-18,30H2,1-3H3,(H,31,34);1H/t25-,26-;/m0./s1. The van der Waals surface area contributed by atoms with Gasteiger partial charge in [-0.25, -0.2) is 0 Å². The summed E-state index contributed by atoms with van der Waals surface area (Å²) in [4.78, 5) is 42.5. The number of hydrogen-bond donors (Lipinski definition) is 2. The molecule has 0 aromatic heterocycles. The quantitative estimate of drug-likeness (QED) is 0.562. The smallest absolute Gasteiger partial charge is 0.254 e. The number of piperidine rings is 1. The molecule has 2 aromatic rings. The van der Waals surface area contributed by atoms with Gasteiger partial charge < -0.3 is 35.1 Å². The minimum atomic E-state index is -0.427. The number of benzene rings is 2. The third-order valence-electron chi connectivity index (χ3n) is 6.71. The fourth-order valence-corrected chi connectivity index (χ4v) is 4.84. The normalized spacial score (nSPS) is 19.7. The molecule has 218 valence electrons. The predicted octanol–water partition coefficient (Wildman–Crippen LogP) is 3.11. The van der Waals surface area contributed by atoms with E-state index in [0.717, 1.165) is 5.56 Å². The van der Waals surface area contributed by atoms with E-state index in [2.05, 4.69) is 5.32 Å². The van der Waals surface area contributed by atoms with Gasteiger partial charge in [0, 0.05) is 44.2 Å². The van der Waals surface area contributed by atoms with Crippen molar-refractivity contribution >= 4 is 30.1 Å². The maximum Gasteiger partial charge on any atom is 0.254 e. The Labute approximate surface area is 241 Å². The third-order valence-corrected chi connectivity index (χ3v) is 6.71. The van der Waals surface area contributed by atoms with Gasteiger partial charge in [0.05, 0.1) is 31.4 Å². The van der Waals surface area contributed by atoms with Gasteiger partial charge in [0.2, 0.25) is 11.8 Å². The van der Waals surface area contributed by atoms with Crippen molar-refractivity contribution in [2.75, 3.05) is 32.7 Å². The summed E-state index contributed by atoms with van der Waals surface area (Å²) in [7, 11) is 0. The van der Waals surface area contributed by atoms with E-state index in [1.165, 1.54) is 4.90 Å². The lowest BCUT2D eigenvalue weighted by Crippen LogP contribution is -2.58. The lowest BCUT2D eigenvalue weighted by Gasteiger charge is -2.39. The number of nitrogens with one attached hydrogen (secondary N) is 1. The Kier molecular flexibility index (Phi) is 11.2. The highest BCUT2D eigenvalue weighted by Crippen LogP contribution is 2.30. The molecule has 2 atom stereocenters. The summed E-state index contributed by atoms with van der Waals surface area (Å²) in [6, 6.07) is 12.2. The van der Waals surface area contributed by atoms with Crippen molar-refractivity contribution < 1.29 is 28.6 Å². The number of hydrogen-bond acceptors (Lipinski definition) is 7. The molecule has 40 heavy (non-hydrogen) atoms. The Balaban J connectivity index is 0.00000441. The molecule has 0 saturated carbocycles. The topological polar surface area (TPSA) is 123 Å². The maximum atomic E-state index is 13.5. The van der Waals surface area contributed by atoms with Gasteiger partial charge in [-0.05, 0) is 57.0 Å². The van der Waals surface area contributed by atoms with Gasteiger partial charge in [-0.2, -0.15) is 0 Å². The minimum Gasteiger partial charge on any atom is -0.491 e. The Morgan fingerprint density at radius 2 is 1.98 bits per heavy atom. The van der Waals surface area contributed by atoms with Crippen LogP contribution in [0.2, 0.25) is 0 Å². The number of halogens is 1. The molecule has 2 heterocycles. The molecular formula is C29H39ClN4O6. The molecule has 1 saturated heterocycles. The molecule has 3 amide bonds. The molecule has 11 heteroatoms. The fraction of sp³-hybridized carbons (Fsp3) is 0.483. The van der Waals surface area contributed by atoms with E-state index in [9.17, 15) is 14.4 Å². The Morgan fingerprint density at radius 1 is 1.18 bits per heavy atom. The lowest BCUT2D eigenvalue weighted by molar-refractivity contribution is -0.137. The van der Waals surface area contributed by atoms with E-state index in [1.807, 2.05) is 45.0 Å². The number of carbonyl (C=O) groups is 3. The summed E-state index contributed by atoms with van der Waals surface area (Å²) < 4.78 is 18.3. The zero-order valence-corrected chi connectivity index (χ0v) is 24.1. The highest BCUT2D eigenvalue weighted by atomic mass is 35.5. The van der Waals surface area contributed by atoms with Crippen molar-refractivity contribution in [3.63, 3.8) is 0 Å². The number of likely N-dealkylation sites (N-methyl/N-ethyl adjacent to an activating group) is 1. The molecule has 2 aromatic carbocycles. The van der Waals surface area contributed by atoms with Gasteiger partial charge >= 0.3 is 0 Å². The van der Waals surface area contributed by atoms with Crippen molar-refractivity contribution in [3.05, 3.63) is 53.6 Å². The number of amides is 3. The highest BCUT2D eigenvalue weighted by Gasteiger charge is 2.33. The Hall–Kier alpha value is -3.34. The van der Waals surface area contributed by atoms with Crippen molar-refractivity contribution in [2.45, 2.75) is 58.5 Å². The SMILES string of the molecule is CCN1CC(=O)N[C@H]2CN(C(=O)CCN)CC[C@@H]2OCc2cccc(c2)Oc2cc(OC(C)C)cc(c2)C1=O.Cl. The van der Waals surface area contributed by atoms with Gasteiger partial charge in [0.1, 0.15) is 17.2 Å². The number of likely N-dealkylation sites (tertiary alicyclic amines) is 1. The van der Waals surface area contributed by atoms with Crippen LogP contribution in [0, 0.1) is 0 Å². The first kappa shape index (κ1) is 31.2. The van der Waals surface area contributed by atoms with Crippen LogP contribution < -0.4 is 20.5 Å². The Morgan fingerprint density at radius 3 is 2.70 bits per heavy atom. The molecule has 3 N–H and O–H groups in total. The summed E-state index contributed by atoms with van der Waals surface area (Å²) in [5.74, 6) is 0.867. The molecule has 0 unspecified atom stereocenters. The number of fused-ring (bicyclic) bond motifs is 5. The number of nitrogens with two attached hydrogens (primary N) is 1. The van der Waals surface area contributed by atoms with Crippen LogP contribution in [0.1, 0.15) is 49.5 Å². The molecule has 4 rings (SSSR count). The lowest BCUT2D eigenvalue weighted by atomic mass is 10.0. The summed E-state index contributed by atoms with van der Waals surface area (Å²) in [6.45, 7) is 7.23. The molecule has 1 fully saturated rings. The molecule has 4 bridgehead atoms. The first-order chi connectivity index (χ1) is 18.7. The molecular weight excluding hydrogens is 536 g/mol. The maximum absolute atomic E-state index is 13.5. The van der Waals surface area contributed by atoms with E-state index < -0.39 is 6.04 Å². The zero-order valence-electron chi connectivity index (χ0n) is 23.3. The second-order valence-electron chi connectivity index (χ2n) is 10.1. The van der Waals surface area contributed by atoms with Crippen molar-refractivity contribution in [2.24, 2.45) is 5.73 Å². The molecule has 0 radical (unpaired) electrons. The first-order valence-corrected chi connectivity index (χ1v) is 13.5. The van der Waals surface area contributed by atoms with E-state index >= 15 is 0 Å². The van der Waals surface area contributed by atoms with Crippen LogP contribution in [-0.2, 0) is 20.9 Å². The number of ether oxygens (including phenoxy) is 3. The second-order valence-corrected chi connectivity index (χ2v) is 10.1. The van der Waals surface area contributed by atoms with Crippen molar-refractivity contribution in [3.8, 4) is 17.2 Å². The van der Waals surface area contributed by atoms with Crippen LogP contribution in [0.4, 0.5) is 0 Å². The van der Waals surface area contributed by atoms with E-state index in [1.54, 1.807) is 23.1 Å². The van der Waals surface area contributed by atoms with Crippen LogP contribution in [-0.4, -0.2) is 78.5 Å². The van der Waals surface area contributed by atoms with Crippen LogP contribution in [0.5, 0.6) is 17.2 Å². The van der Waals surface area contributed by atoms with Crippen molar-refractivity contribution in [1.29, 1.82) is 0 Å². The summed E-state index contributed by atoms with van der Waals surface area (Å²) in [6.07, 6.45) is 0.410. The van der Waals surface area contributed by atoms with Gasteiger partial charge in [-0.3, -0.25) is 14.4 Å². The summed E-state index contributed by atoms with van der Waals surface area (Å²) >= 11 is 0. The van der Waals surface area contributed by atoms with Crippen LogP contribution >= 0.6 is 12.4 Å². The van der Waals surface area contributed by atoms with Gasteiger partial charge in [0.25, 0.3) is 5.91 Å². The molecule has 2 aliphatic heterocycles. The fourth-order valence-electron chi connectivity index (χ4n) is 4.84. The minimum absolute atomic E-state index is 0. The average molecular weight is 575 g/mol. The summed E-state index contributed by atoms with van der Waals surface area (Å²) in [5, 5.41) is 3.03. The second kappa shape index (κ2) is 14.3. The number of nitrogens with zero attached hydrogens (tertiary/aromatic N) is 2. The zero-order chi connectivity index (χ0) is 27.9. The molecule has 10 nitrogen and oxygen atoms in total. The average Bonchev–Trinajstić information content (AvgIpc) is 2.90. The molecule has 0 aliphatic carbocycles. The van der Waals surface area contributed by atoms with Crippen LogP contribution in [0.15, 0.2) is 42.5 Å². The third kappa shape index (κ3) is 8.09. The highest BCUT2D eigenvalue weighted by molar-refractivity contribution is 5.97. The van der Waals surface area contributed by atoms with E-state index in [-0.39, 0.29) is 61.8 Å². The van der Waals surface area contributed by atoms with E-state index in [0.29, 0.717) is 55.5 Å². The molecule has 0 spiro atoms. The molecule has 2 aliphatic rings. The first-order valence-electron chi connectivity index (χ1n) is 13.5. The largest absolute Gasteiger partial charge is 0.491 e. The number of rotatable bonds is 5. The Bertz CT molecular complexity index is 1190. The van der Waals surface area contributed by atoms with E-state index in [4.69, 9.17) is 19.9 Å².